The number of hydrogen-bond donors (Lipinski definition) is 1. The zero-order valence-corrected chi connectivity index (χ0v) is 17.6. The zero-order valence-electron chi connectivity index (χ0n) is 16.8. The van der Waals surface area contributed by atoms with Gasteiger partial charge < -0.3 is 14.8 Å². The minimum Gasteiger partial charge on any atom is -0.492 e. The first-order valence-electron chi connectivity index (χ1n) is 9.98. The van der Waals surface area contributed by atoms with E-state index in [9.17, 15) is 9.59 Å². The van der Waals surface area contributed by atoms with Gasteiger partial charge in [0.05, 0.1) is 31.1 Å². The number of ether oxygens (including phenoxy) is 2. The summed E-state index contributed by atoms with van der Waals surface area (Å²) in [5.41, 5.74) is 3.57. The molecule has 2 amide bonds. The molecule has 2 aromatic heterocycles. The van der Waals surface area contributed by atoms with E-state index in [1.165, 1.54) is 11.8 Å². The number of fused-ring (bicyclic) bond motifs is 3. The summed E-state index contributed by atoms with van der Waals surface area (Å²) in [5.74, 6) is 0.541. The van der Waals surface area contributed by atoms with Crippen molar-refractivity contribution in [1.29, 1.82) is 0 Å². The predicted molar refractivity (Wildman–Crippen MR) is 116 cm³/mol. The summed E-state index contributed by atoms with van der Waals surface area (Å²) in [6, 6.07) is 9.59. The van der Waals surface area contributed by atoms with E-state index in [0.717, 1.165) is 28.2 Å². The predicted octanol–water partition coefficient (Wildman–Crippen LogP) is 3.27. The van der Waals surface area contributed by atoms with Gasteiger partial charge in [0.25, 0.3) is 0 Å². The average molecular weight is 436 g/mol. The Bertz CT molecular complexity index is 1150. The summed E-state index contributed by atoms with van der Waals surface area (Å²) >= 11 is 1.67. The van der Waals surface area contributed by atoms with Gasteiger partial charge in [-0.05, 0) is 24.3 Å². The normalized spacial score (nSPS) is 17.3. The monoisotopic (exact) mass is 436 g/mol. The lowest BCUT2D eigenvalue weighted by molar-refractivity contribution is -0.119. The van der Waals surface area contributed by atoms with Crippen LogP contribution >= 0.6 is 11.3 Å². The molecule has 0 bridgehead atoms. The Hall–Kier alpha value is -3.46. The molecule has 8 nitrogen and oxygen atoms in total. The van der Waals surface area contributed by atoms with Crippen molar-refractivity contribution in [1.82, 2.24) is 15.3 Å². The summed E-state index contributed by atoms with van der Waals surface area (Å²) in [4.78, 5) is 35.2. The molecule has 1 atom stereocenters. The number of hydrogen-bond acceptors (Lipinski definition) is 7. The Labute approximate surface area is 182 Å². The van der Waals surface area contributed by atoms with Gasteiger partial charge in [0, 0.05) is 47.8 Å². The molecule has 1 N–H and O–H groups in total. The van der Waals surface area contributed by atoms with Crippen molar-refractivity contribution in [2.75, 3.05) is 24.6 Å². The number of carbonyl (C=O) groups is 2. The van der Waals surface area contributed by atoms with Crippen molar-refractivity contribution in [3.05, 3.63) is 47.6 Å². The lowest BCUT2D eigenvalue weighted by Gasteiger charge is -2.16. The lowest BCUT2D eigenvalue weighted by atomic mass is 10.1. The smallest absolute Gasteiger partial charge is 0.414 e. The third-order valence-corrected chi connectivity index (χ3v) is 6.36. The molecule has 31 heavy (non-hydrogen) atoms. The fourth-order valence-corrected chi connectivity index (χ4v) is 4.76. The highest BCUT2D eigenvalue weighted by Gasteiger charge is 2.33. The summed E-state index contributed by atoms with van der Waals surface area (Å²) < 4.78 is 11.4. The van der Waals surface area contributed by atoms with Crippen molar-refractivity contribution < 1.29 is 19.1 Å². The highest BCUT2D eigenvalue weighted by atomic mass is 32.1. The SMILES string of the molecule is CC(=O)NCC1CN(c2ccc3c(c2)OCCc2sc(-c4ccncc4)nc2-3)C(=O)O1. The van der Waals surface area contributed by atoms with E-state index in [1.807, 2.05) is 30.3 Å². The van der Waals surface area contributed by atoms with E-state index >= 15 is 0 Å². The maximum absolute atomic E-state index is 12.4. The summed E-state index contributed by atoms with van der Waals surface area (Å²) in [7, 11) is 0. The Morgan fingerprint density at radius 1 is 1.29 bits per heavy atom. The summed E-state index contributed by atoms with van der Waals surface area (Å²) in [6.07, 6.45) is 3.48. The highest BCUT2D eigenvalue weighted by Crippen LogP contribution is 2.42. The minimum atomic E-state index is -0.432. The average Bonchev–Trinajstić information content (AvgIpc) is 3.32. The standard InChI is InChI=1S/C22H20N4O4S/c1-13(27)24-11-16-12-26(22(28)30-16)15-2-3-17-18(10-15)29-9-6-19-20(17)25-21(31-19)14-4-7-23-8-5-14/h2-5,7-8,10,16H,6,9,11-12H2,1H3,(H,24,27). The van der Waals surface area contributed by atoms with Crippen LogP contribution in [0.3, 0.4) is 0 Å². The van der Waals surface area contributed by atoms with Crippen LogP contribution in [0, 0.1) is 0 Å². The number of benzene rings is 1. The largest absolute Gasteiger partial charge is 0.492 e. The maximum atomic E-state index is 12.4. The first-order chi connectivity index (χ1) is 15.1. The third kappa shape index (κ3) is 3.84. The summed E-state index contributed by atoms with van der Waals surface area (Å²) in [5, 5.41) is 3.64. The Kier molecular flexibility index (Phi) is 5.03. The topological polar surface area (TPSA) is 93.7 Å². The molecule has 5 rings (SSSR count). The van der Waals surface area contributed by atoms with Crippen LogP contribution in [-0.4, -0.2) is 47.8 Å². The molecule has 0 spiro atoms. The van der Waals surface area contributed by atoms with Gasteiger partial charge in [0.2, 0.25) is 5.91 Å². The van der Waals surface area contributed by atoms with Crippen molar-refractivity contribution in [3.8, 4) is 27.6 Å². The molecule has 0 radical (unpaired) electrons. The Morgan fingerprint density at radius 3 is 2.94 bits per heavy atom. The van der Waals surface area contributed by atoms with E-state index < -0.39 is 6.09 Å². The molecule has 4 heterocycles. The van der Waals surface area contributed by atoms with E-state index in [2.05, 4.69) is 10.3 Å². The number of nitrogens with one attached hydrogen (secondary N) is 1. The van der Waals surface area contributed by atoms with Gasteiger partial charge in [-0.25, -0.2) is 9.78 Å². The molecular weight excluding hydrogens is 416 g/mol. The molecular formula is C22H20N4O4S. The van der Waals surface area contributed by atoms with Gasteiger partial charge in [-0.3, -0.25) is 14.7 Å². The molecule has 158 valence electrons. The van der Waals surface area contributed by atoms with Crippen LogP contribution in [0.25, 0.3) is 21.8 Å². The minimum absolute atomic E-state index is 0.155. The molecule has 0 aliphatic carbocycles. The van der Waals surface area contributed by atoms with Crippen LogP contribution < -0.4 is 15.0 Å². The molecule has 1 saturated heterocycles. The fourth-order valence-electron chi connectivity index (χ4n) is 3.69. The number of anilines is 1. The zero-order chi connectivity index (χ0) is 21.4. The summed E-state index contributed by atoms with van der Waals surface area (Å²) in [6.45, 7) is 2.63. The number of aromatic nitrogens is 2. The molecule has 0 saturated carbocycles. The third-order valence-electron chi connectivity index (χ3n) is 5.20. The first-order valence-corrected chi connectivity index (χ1v) is 10.8. The van der Waals surface area contributed by atoms with Crippen molar-refractivity contribution in [2.24, 2.45) is 0 Å². The molecule has 1 unspecified atom stereocenters. The molecule has 3 aromatic rings. The Morgan fingerprint density at radius 2 is 2.13 bits per heavy atom. The molecule has 1 fully saturated rings. The van der Waals surface area contributed by atoms with Gasteiger partial charge in [0.1, 0.15) is 16.9 Å². The van der Waals surface area contributed by atoms with Gasteiger partial charge >= 0.3 is 6.09 Å². The van der Waals surface area contributed by atoms with E-state index in [-0.39, 0.29) is 12.0 Å². The number of thiazole rings is 1. The highest BCUT2D eigenvalue weighted by molar-refractivity contribution is 7.15. The first kappa shape index (κ1) is 19.5. The number of cyclic esters (lactones) is 1. The maximum Gasteiger partial charge on any atom is 0.414 e. The molecule has 2 aliphatic heterocycles. The van der Waals surface area contributed by atoms with E-state index in [0.29, 0.717) is 31.1 Å². The van der Waals surface area contributed by atoms with Gasteiger partial charge in [-0.2, -0.15) is 0 Å². The quantitative estimate of drug-likeness (QED) is 0.675. The van der Waals surface area contributed by atoms with Gasteiger partial charge in [0.15, 0.2) is 0 Å². The second-order valence-corrected chi connectivity index (χ2v) is 8.44. The number of amides is 2. The van der Waals surface area contributed by atoms with E-state index in [1.54, 1.807) is 28.6 Å². The number of pyridine rings is 1. The van der Waals surface area contributed by atoms with Crippen LogP contribution in [0.2, 0.25) is 0 Å². The van der Waals surface area contributed by atoms with Crippen molar-refractivity contribution >= 4 is 29.0 Å². The van der Waals surface area contributed by atoms with Crippen LogP contribution in [0.4, 0.5) is 10.5 Å². The number of nitrogens with zero attached hydrogens (tertiary/aromatic N) is 3. The second kappa shape index (κ2) is 7.99. The van der Waals surface area contributed by atoms with Crippen molar-refractivity contribution in [2.45, 2.75) is 19.4 Å². The van der Waals surface area contributed by atoms with Crippen LogP contribution in [-0.2, 0) is 16.0 Å². The van der Waals surface area contributed by atoms with Gasteiger partial charge in [-0.15, -0.1) is 11.3 Å². The second-order valence-electron chi connectivity index (χ2n) is 7.36. The fraction of sp³-hybridized carbons (Fsp3) is 0.273. The molecule has 1 aromatic carbocycles. The Balaban J connectivity index is 1.43. The lowest BCUT2D eigenvalue weighted by Crippen LogP contribution is -2.33. The van der Waals surface area contributed by atoms with Crippen molar-refractivity contribution in [3.63, 3.8) is 0 Å². The van der Waals surface area contributed by atoms with Crippen LogP contribution in [0.1, 0.15) is 11.8 Å². The number of carbonyl (C=O) groups excluding carboxylic acids is 2. The van der Waals surface area contributed by atoms with E-state index in [4.69, 9.17) is 14.5 Å². The molecule has 9 heteroatoms. The van der Waals surface area contributed by atoms with Crippen LogP contribution in [0.15, 0.2) is 42.7 Å². The van der Waals surface area contributed by atoms with Gasteiger partial charge in [-0.1, -0.05) is 0 Å². The molecule has 2 aliphatic rings. The van der Waals surface area contributed by atoms with Crippen LogP contribution in [0.5, 0.6) is 5.75 Å². The number of rotatable bonds is 4.